The standard InChI is InChI=1S/C21H26N4O4/c26-18-5-4-17(19(27)23-18)25-13-16-14(2-1-3-15(16)20(25)28)12-24-10-11-29-21(24)6-8-22-9-7-21/h1-3,17,22H,4-13H2,(H,23,26,27). The second kappa shape index (κ2) is 7.19. The minimum absolute atomic E-state index is 0.120. The van der Waals surface area contributed by atoms with Gasteiger partial charge in [0.2, 0.25) is 11.8 Å². The van der Waals surface area contributed by atoms with Crippen molar-refractivity contribution in [2.45, 2.75) is 50.5 Å². The third kappa shape index (κ3) is 3.15. The van der Waals surface area contributed by atoms with E-state index in [-0.39, 0.29) is 29.9 Å². The van der Waals surface area contributed by atoms with Gasteiger partial charge in [-0.25, -0.2) is 0 Å². The van der Waals surface area contributed by atoms with Crippen LogP contribution in [0.1, 0.15) is 47.2 Å². The molecule has 1 atom stereocenters. The number of rotatable bonds is 3. The van der Waals surface area contributed by atoms with Crippen LogP contribution in [0.5, 0.6) is 0 Å². The van der Waals surface area contributed by atoms with Gasteiger partial charge in [0.25, 0.3) is 5.91 Å². The van der Waals surface area contributed by atoms with Crippen molar-refractivity contribution in [1.29, 1.82) is 0 Å². The molecule has 3 amide bonds. The lowest BCUT2D eigenvalue weighted by Crippen LogP contribution is -2.52. The molecule has 1 unspecified atom stereocenters. The van der Waals surface area contributed by atoms with E-state index in [0.717, 1.165) is 56.8 Å². The number of imide groups is 1. The van der Waals surface area contributed by atoms with E-state index in [0.29, 0.717) is 18.5 Å². The van der Waals surface area contributed by atoms with Crippen LogP contribution in [0.25, 0.3) is 0 Å². The van der Waals surface area contributed by atoms with E-state index in [2.05, 4.69) is 21.6 Å². The summed E-state index contributed by atoms with van der Waals surface area (Å²) < 4.78 is 6.17. The summed E-state index contributed by atoms with van der Waals surface area (Å²) in [5.41, 5.74) is 2.58. The van der Waals surface area contributed by atoms with E-state index in [1.807, 2.05) is 12.1 Å². The van der Waals surface area contributed by atoms with Gasteiger partial charge < -0.3 is 15.0 Å². The zero-order chi connectivity index (χ0) is 20.0. The number of carbonyl (C=O) groups excluding carboxylic acids is 3. The van der Waals surface area contributed by atoms with Crippen LogP contribution in [-0.2, 0) is 27.4 Å². The Morgan fingerprint density at radius 1 is 1.17 bits per heavy atom. The molecule has 0 saturated carbocycles. The highest BCUT2D eigenvalue weighted by Crippen LogP contribution is 2.36. The Kier molecular flexibility index (Phi) is 4.64. The maximum absolute atomic E-state index is 13.0. The highest BCUT2D eigenvalue weighted by atomic mass is 16.5. The number of nitrogens with zero attached hydrogens (tertiary/aromatic N) is 2. The molecule has 5 rings (SSSR count). The monoisotopic (exact) mass is 398 g/mol. The molecule has 154 valence electrons. The largest absolute Gasteiger partial charge is 0.359 e. The predicted octanol–water partition coefficient (Wildman–Crippen LogP) is 0.360. The number of hydrogen-bond donors (Lipinski definition) is 2. The number of ether oxygens (including phenoxy) is 1. The molecule has 4 heterocycles. The molecule has 29 heavy (non-hydrogen) atoms. The molecule has 8 nitrogen and oxygen atoms in total. The van der Waals surface area contributed by atoms with Gasteiger partial charge in [0.1, 0.15) is 11.8 Å². The number of piperidine rings is 2. The van der Waals surface area contributed by atoms with Crippen molar-refractivity contribution in [3.8, 4) is 0 Å². The number of amides is 3. The summed E-state index contributed by atoms with van der Waals surface area (Å²) in [6, 6.07) is 5.26. The third-order valence-electron chi connectivity index (χ3n) is 6.73. The molecule has 0 radical (unpaired) electrons. The van der Waals surface area contributed by atoms with Crippen LogP contribution in [0.15, 0.2) is 18.2 Å². The van der Waals surface area contributed by atoms with Crippen LogP contribution < -0.4 is 10.6 Å². The fourth-order valence-corrected chi connectivity index (χ4v) is 5.15. The van der Waals surface area contributed by atoms with Gasteiger partial charge in [-0.3, -0.25) is 24.6 Å². The van der Waals surface area contributed by atoms with Crippen molar-refractivity contribution >= 4 is 17.7 Å². The first-order valence-electron chi connectivity index (χ1n) is 10.4. The van der Waals surface area contributed by atoms with E-state index in [4.69, 9.17) is 4.74 Å². The number of hydrogen-bond acceptors (Lipinski definition) is 6. The molecule has 1 aromatic rings. The lowest BCUT2D eigenvalue weighted by Gasteiger charge is -2.40. The lowest BCUT2D eigenvalue weighted by molar-refractivity contribution is -0.136. The molecule has 0 bridgehead atoms. The number of benzene rings is 1. The lowest BCUT2D eigenvalue weighted by atomic mass is 9.97. The predicted molar refractivity (Wildman–Crippen MR) is 104 cm³/mol. The number of fused-ring (bicyclic) bond motifs is 1. The van der Waals surface area contributed by atoms with Gasteiger partial charge in [0.05, 0.1) is 6.61 Å². The third-order valence-corrected chi connectivity index (χ3v) is 6.73. The van der Waals surface area contributed by atoms with Crippen LogP contribution in [-0.4, -0.2) is 65.5 Å². The van der Waals surface area contributed by atoms with Gasteiger partial charge in [-0.15, -0.1) is 0 Å². The summed E-state index contributed by atoms with van der Waals surface area (Å²) in [5.74, 6) is -0.756. The van der Waals surface area contributed by atoms with E-state index in [9.17, 15) is 14.4 Å². The van der Waals surface area contributed by atoms with E-state index >= 15 is 0 Å². The Labute approximate surface area is 169 Å². The normalized spacial score (nSPS) is 26.8. The summed E-state index contributed by atoms with van der Waals surface area (Å²) >= 11 is 0. The minimum atomic E-state index is -0.577. The van der Waals surface area contributed by atoms with Crippen LogP contribution in [0.4, 0.5) is 0 Å². The Morgan fingerprint density at radius 3 is 2.79 bits per heavy atom. The zero-order valence-corrected chi connectivity index (χ0v) is 16.4. The van der Waals surface area contributed by atoms with Crippen molar-refractivity contribution in [1.82, 2.24) is 20.4 Å². The van der Waals surface area contributed by atoms with Gasteiger partial charge in [0.15, 0.2) is 0 Å². The molecule has 3 fully saturated rings. The Morgan fingerprint density at radius 2 is 2.00 bits per heavy atom. The summed E-state index contributed by atoms with van der Waals surface area (Å²) in [6.07, 6.45) is 2.58. The van der Waals surface area contributed by atoms with Gasteiger partial charge >= 0.3 is 0 Å². The van der Waals surface area contributed by atoms with E-state index in [1.54, 1.807) is 4.90 Å². The SMILES string of the molecule is O=C1CCC(N2Cc3c(CN4CCOC45CCNCC5)cccc3C2=O)C(=O)N1. The summed E-state index contributed by atoms with van der Waals surface area (Å²) in [5, 5.41) is 5.76. The highest BCUT2D eigenvalue weighted by Gasteiger charge is 2.44. The first kappa shape index (κ1) is 18.7. The molecule has 8 heteroatoms. The number of nitrogens with one attached hydrogen (secondary N) is 2. The highest BCUT2D eigenvalue weighted by molar-refractivity contribution is 6.05. The number of carbonyl (C=O) groups is 3. The maximum Gasteiger partial charge on any atom is 0.255 e. The van der Waals surface area contributed by atoms with Crippen LogP contribution in [0.2, 0.25) is 0 Å². The Bertz CT molecular complexity index is 864. The molecular weight excluding hydrogens is 372 g/mol. The second-order valence-corrected chi connectivity index (χ2v) is 8.31. The zero-order valence-electron chi connectivity index (χ0n) is 16.4. The smallest absolute Gasteiger partial charge is 0.255 e. The first-order valence-corrected chi connectivity index (χ1v) is 10.4. The van der Waals surface area contributed by atoms with Crippen molar-refractivity contribution in [2.24, 2.45) is 0 Å². The molecule has 4 aliphatic heterocycles. The molecule has 0 aliphatic carbocycles. The maximum atomic E-state index is 13.0. The van der Waals surface area contributed by atoms with Crippen molar-refractivity contribution in [3.05, 3.63) is 34.9 Å². The average Bonchev–Trinajstić information content (AvgIpc) is 3.25. The molecule has 1 aromatic carbocycles. The minimum Gasteiger partial charge on any atom is -0.359 e. The van der Waals surface area contributed by atoms with Crippen LogP contribution in [0, 0.1) is 0 Å². The summed E-state index contributed by atoms with van der Waals surface area (Å²) in [7, 11) is 0. The van der Waals surface area contributed by atoms with Crippen molar-refractivity contribution in [2.75, 3.05) is 26.2 Å². The van der Waals surface area contributed by atoms with Gasteiger partial charge in [-0.05, 0) is 36.7 Å². The quantitative estimate of drug-likeness (QED) is 0.715. The first-order chi connectivity index (χ1) is 14.1. The fourth-order valence-electron chi connectivity index (χ4n) is 5.15. The van der Waals surface area contributed by atoms with Crippen molar-refractivity contribution in [3.63, 3.8) is 0 Å². The molecule has 1 spiro atoms. The van der Waals surface area contributed by atoms with E-state index in [1.165, 1.54) is 0 Å². The molecule has 4 aliphatic rings. The topological polar surface area (TPSA) is 91.0 Å². The Balaban J connectivity index is 1.38. The second-order valence-electron chi connectivity index (χ2n) is 8.31. The molecule has 3 saturated heterocycles. The van der Waals surface area contributed by atoms with E-state index < -0.39 is 6.04 Å². The Hall–Kier alpha value is -2.29. The molecular formula is C21H26N4O4. The fraction of sp³-hybridized carbons (Fsp3) is 0.571. The van der Waals surface area contributed by atoms with Crippen LogP contribution in [0.3, 0.4) is 0 Å². The van der Waals surface area contributed by atoms with Gasteiger partial charge in [0, 0.05) is 44.5 Å². The summed E-state index contributed by atoms with van der Waals surface area (Å²) in [4.78, 5) is 40.8. The summed E-state index contributed by atoms with van der Waals surface area (Å²) in [6.45, 7) is 4.67. The van der Waals surface area contributed by atoms with Crippen LogP contribution >= 0.6 is 0 Å². The van der Waals surface area contributed by atoms with Crippen molar-refractivity contribution < 1.29 is 19.1 Å². The average molecular weight is 398 g/mol. The van der Waals surface area contributed by atoms with Gasteiger partial charge in [-0.1, -0.05) is 12.1 Å². The van der Waals surface area contributed by atoms with Gasteiger partial charge in [-0.2, -0.15) is 0 Å². The molecule has 0 aromatic heterocycles. The molecule has 2 N–H and O–H groups in total.